The van der Waals surface area contributed by atoms with E-state index in [0.29, 0.717) is 22.0 Å². The molecular weight excluding hydrogens is 302 g/mol. The van der Waals surface area contributed by atoms with Crippen LogP contribution in [-0.2, 0) is 15.9 Å². The lowest BCUT2D eigenvalue weighted by Gasteiger charge is -2.20. The molecule has 2 bridgehead atoms. The second kappa shape index (κ2) is 4.17. The van der Waals surface area contributed by atoms with Crippen LogP contribution in [-0.4, -0.2) is 31.0 Å². The summed E-state index contributed by atoms with van der Waals surface area (Å²) in [6, 6.07) is 0. The molecule has 4 rings (SSSR count). The number of thioether (sulfide) groups is 1. The van der Waals surface area contributed by atoms with E-state index in [2.05, 4.69) is 9.97 Å². The van der Waals surface area contributed by atoms with E-state index in [-0.39, 0.29) is 11.8 Å². The first-order valence-electron chi connectivity index (χ1n) is 7.14. The van der Waals surface area contributed by atoms with Crippen molar-refractivity contribution < 1.29 is 14.9 Å². The highest BCUT2D eigenvalue weighted by molar-refractivity contribution is 7.98. The van der Waals surface area contributed by atoms with Crippen LogP contribution in [0.4, 0.5) is 0 Å². The Hall–Kier alpha value is -1.73. The lowest BCUT2D eigenvalue weighted by Crippen LogP contribution is -2.17. The topological polar surface area (TPSA) is 80.4 Å². The van der Waals surface area contributed by atoms with Crippen molar-refractivity contribution in [2.45, 2.75) is 43.0 Å². The number of ether oxygens (including phenoxy) is 1. The van der Waals surface area contributed by atoms with Crippen LogP contribution in [0, 0.1) is 0 Å². The molecule has 22 heavy (non-hydrogen) atoms. The third-order valence-corrected chi connectivity index (χ3v) is 5.34. The average Bonchev–Trinajstić information content (AvgIpc) is 3.04. The fraction of sp³-hybridized carbons (Fsp3) is 0.467. The Morgan fingerprint density at radius 1 is 1.09 bits per heavy atom. The summed E-state index contributed by atoms with van der Waals surface area (Å²) in [7, 11) is 0. The van der Waals surface area contributed by atoms with Gasteiger partial charge in [-0.2, -0.15) is 0 Å². The third-order valence-electron chi connectivity index (χ3n) is 4.76. The van der Waals surface area contributed by atoms with Gasteiger partial charge in [-0.05, 0) is 32.9 Å². The molecule has 0 unspecified atom stereocenters. The fourth-order valence-electron chi connectivity index (χ4n) is 3.75. The zero-order valence-corrected chi connectivity index (χ0v) is 13.4. The second-order valence-corrected chi connectivity index (χ2v) is 7.00. The molecule has 1 saturated heterocycles. The molecule has 6 nitrogen and oxygen atoms in total. The molecular formula is C15H17N3O3S. The smallest absolute Gasteiger partial charge is 0.205 e. The summed E-state index contributed by atoms with van der Waals surface area (Å²) in [6.07, 6.45) is 6.75. The summed E-state index contributed by atoms with van der Waals surface area (Å²) < 4.78 is 7.48. The number of aromatic nitrogens is 3. The molecule has 0 amide bonds. The van der Waals surface area contributed by atoms with Crippen molar-refractivity contribution in [1.82, 2.24) is 14.5 Å². The molecule has 0 aromatic carbocycles. The molecule has 7 heteroatoms. The predicted octanol–water partition coefficient (Wildman–Crippen LogP) is 2.65. The van der Waals surface area contributed by atoms with Crippen LogP contribution >= 0.6 is 11.8 Å². The van der Waals surface area contributed by atoms with E-state index in [1.54, 1.807) is 12.4 Å². The fourth-order valence-corrected chi connectivity index (χ4v) is 4.07. The Kier molecular flexibility index (Phi) is 2.64. The molecule has 0 spiro atoms. The number of rotatable bonds is 2. The van der Waals surface area contributed by atoms with Gasteiger partial charge in [-0.25, -0.2) is 14.5 Å². The molecule has 1 fully saturated rings. The van der Waals surface area contributed by atoms with Crippen molar-refractivity contribution in [3.8, 4) is 17.4 Å². The summed E-state index contributed by atoms with van der Waals surface area (Å²) in [6.45, 7) is 3.92. The van der Waals surface area contributed by atoms with Gasteiger partial charge in [0.2, 0.25) is 11.8 Å². The van der Waals surface area contributed by atoms with Crippen LogP contribution in [0.3, 0.4) is 0 Å². The van der Waals surface area contributed by atoms with Crippen LogP contribution in [0.2, 0.25) is 0 Å². The standard InChI is InChI=1S/C15H17N3O3S/c1-14-4-5-15(2,21-14)10-9(14)11(19)18(12(10)20)8-6-16-13(22-3)17-7-8/h6-7,19-20H,4-5H2,1-3H3/t14-,15+. The van der Waals surface area contributed by atoms with Crippen molar-refractivity contribution in [2.75, 3.05) is 6.26 Å². The van der Waals surface area contributed by atoms with Gasteiger partial charge < -0.3 is 14.9 Å². The highest BCUT2D eigenvalue weighted by atomic mass is 32.2. The lowest BCUT2D eigenvalue weighted by atomic mass is 9.80. The van der Waals surface area contributed by atoms with E-state index in [4.69, 9.17) is 4.74 Å². The normalized spacial score (nSPS) is 29.0. The maximum Gasteiger partial charge on any atom is 0.205 e. The molecule has 0 saturated carbocycles. The first-order valence-corrected chi connectivity index (χ1v) is 8.36. The van der Waals surface area contributed by atoms with E-state index in [0.717, 1.165) is 12.8 Å². The number of hydrogen-bond acceptors (Lipinski definition) is 6. The molecule has 0 radical (unpaired) electrons. The SMILES string of the molecule is CSc1ncc(-n2c(O)c3c(c2O)[C@]2(C)CC[C@@]3(C)O2)cn1. The van der Waals surface area contributed by atoms with Gasteiger partial charge in [0.25, 0.3) is 0 Å². The summed E-state index contributed by atoms with van der Waals surface area (Å²) in [4.78, 5) is 8.41. The van der Waals surface area contributed by atoms with Gasteiger partial charge in [0.15, 0.2) is 5.16 Å². The van der Waals surface area contributed by atoms with Gasteiger partial charge in [-0.3, -0.25) is 0 Å². The highest BCUT2D eigenvalue weighted by Crippen LogP contribution is 2.64. The monoisotopic (exact) mass is 319 g/mol. The maximum atomic E-state index is 10.7. The van der Waals surface area contributed by atoms with E-state index in [9.17, 15) is 10.2 Å². The molecule has 116 valence electrons. The zero-order chi connectivity index (χ0) is 15.7. The van der Waals surface area contributed by atoms with Crippen LogP contribution in [0.25, 0.3) is 5.69 Å². The van der Waals surface area contributed by atoms with Crippen LogP contribution in [0.15, 0.2) is 17.6 Å². The van der Waals surface area contributed by atoms with Crippen molar-refractivity contribution in [1.29, 1.82) is 0 Å². The minimum atomic E-state index is -0.545. The summed E-state index contributed by atoms with van der Waals surface area (Å²) in [5.74, 6) is 0.0258. The summed E-state index contributed by atoms with van der Waals surface area (Å²) in [5.41, 5.74) is 0.822. The molecule has 2 atom stereocenters. The van der Waals surface area contributed by atoms with Crippen molar-refractivity contribution in [3.63, 3.8) is 0 Å². The average molecular weight is 319 g/mol. The molecule has 2 aliphatic rings. The second-order valence-electron chi connectivity index (χ2n) is 6.22. The molecule has 2 aliphatic heterocycles. The highest BCUT2D eigenvalue weighted by Gasteiger charge is 2.59. The molecule has 2 N–H and O–H groups in total. The van der Waals surface area contributed by atoms with Gasteiger partial charge in [0, 0.05) is 0 Å². The summed E-state index contributed by atoms with van der Waals surface area (Å²) in [5, 5.41) is 22.0. The van der Waals surface area contributed by atoms with Crippen LogP contribution in [0.1, 0.15) is 37.8 Å². The predicted molar refractivity (Wildman–Crippen MR) is 81.5 cm³/mol. The number of fused-ring (bicyclic) bond motifs is 5. The van der Waals surface area contributed by atoms with Crippen molar-refractivity contribution >= 4 is 11.8 Å². The first kappa shape index (κ1) is 13.9. The Bertz CT molecular complexity index is 734. The Labute approximate surface area is 132 Å². The minimum Gasteiger partial charge on any atom is -0.494 e. The lowest BCUT2D eigenvalue weighted by molar-refractivity contribution is -0.0683. The molecule has 4 heterocycles. The van der Waals surface area contributed by atoms with Gasteiger partial charge in [-0.15, -0.1) is 0 Å². The van der Waals surface area contributed by atoms with E-state index in [1.165, 1.54) is 16.3 Å². The van der Waals surface area contributed by atoms with E-state index in [1.807, 2.05) is 20.1 Å². The molecule has 2 aromatic heterocycles. The van der Waals surface area contributed by atoms with Crippen molar-refractivity contribution in [3.05, 3.63) is 23.5 Å². The molecule has 0 aliphatic carbocycles. The Morgan fingerprint density at radius 3 is 2.05 bits per heavy atom. The largest absolute Gasteiger partial charge is 0.494 e. The van der Waals surface area contributed by atoms with E-state index < -0.39 is 11.2 Å². The van der Waals surface area contributed by atoms with Gasteiger partial charge in [-0.1, -0.05) is 11.8 Å². The van der Waals surface area contributed by atoms with Crippen LogP contribution < -0.4 is 0 Å². The van der Waals surface area contributed by atoms with Gasteiger partial charge >= 0.3 is 0 Å². The third kappa shape index (κ3) is 1.55. The first-order chi connectivity index (χ1) is 10.4. The Balaban J connectivity index is 1.93. The maximum absolute atomic E-state index is 10.7. The Morgan fingerprint density at radius 2 is 1.59 bits per heavy atom. The number of hydrogen-bond donors (Lipinski definition) is 2. The number of aromatic hydroxyl groups is 2. The zero-order valence-electron chi connectivity index (χ0n) is 12.6. The number of nitrogens with zero attached hydrogens (tertiary/aromatic N) is 3. The van der Waals surface area contributed by atoms with Gasteiger partial charge in [0.05, 0.1) is 40.4 Å². The van der Waals surface area contributed by atoms with E-state index >= 15 is 0 Å². The molecule has 2 aromatic rings. The minimum absolute atomic E-state index is 0.0129. The summed E-state index contributed by atoms with van der Waals surface area (Å²) >= 11 is 1.44. The van der Waals surface area contributed by atoms with Crippen molar-refractivity contribution in [2.24, 2.45) is 0 Å². The van der Waals surface area contributed by atoms with Gasteiger partial charge in [0.1, 0.15) is 0 Å². The van der Waals surface area contributed by atoms with Crippen LogP contribution in [0.5, 0.6) is 11.8 Å². The quantitative estimate of drug-likeness (QED) is 0.654.